The van der Waals surface area contributed by atoms with Crippen LogP contribution < -0.4 is 16.8 Å². The van der Waals surface area contributed by atoms with E-state index in [-0.39, 0.29) is 19.1 Å². The molecular formula is C19H24N4O5. The van der Waals surface area contributed by atoms with E-state index in [4.69, 9.17) is 20.9 Å². The second-order valence-electron chi connectivity index (χ2n) is 6.80. The van der Waals surface area contributed by atoms with Gasteiger partial charge in [0, 0.05) is 23.5 Å². The molecule has 9 heteroatoms. The molecule has 0 radical (unpaired) electrons. The Morgan fingerprint density at radius 1 is 1.14 bits per heavy atom. The van der Waals surface area contributed by atoms with Crippen LogP contribution in [0.25, 0.3) is 10.9 Å². The molecule has 3 rings (SSSR count). The molecule has 28 heavy (non-hydrogen) atoms. The number of H-pyrrole nitrogens is 1. The number of para-hydroxylation sites is 1. The Morgan fingerprint density at radius 3 is 2.64 bits per heavy atom. The van der Waals surface area contributed by atoms with Gasteiger partial charge in [0.15, 0.2) is 0 Å². The highest BCUT2D eigenvalue weighted by Gasteiger charge is 2.27. The topological polar surface area (TPSA) is 150 Å². The van der Waals surface area contributed by atoms with Gasteiger partial charge >= 0.3 is 17.9 Å². The molecule has 6 N–H and O–H groups in total. The van der Waals surface area contributed by atoms with Gasteiger partial charge in [0.2, 0.25) is 0 Å². The van der Waals surface area contributed by atoms with Crippen molar-refractivity contribution in [3.8, 4) is 0 Å². The SMILES string of the molecule is N[C@@H](COC(=O)[C@@H]1CCCN1)C(=O)OC(=O)[C@@H](N)Cc1c[nH]c2ccccc12. The van der Waals surface area contributed by atoms with E-state index < -0.39 is 30.0 Å². The van der Waals surface area contributed by atoms with Gasteiger partial charge in [-0.05, 0) is 31.0 Å². The Hall–Kier alpha value is -2.75. The van der Waals surface area contributed by atoms with Crippen LogP contribution in [0.1, 0.15) is 18.4 Å². The number of carbonyl (C=O) groups excluding carboxylic acids is 3. The molecule has 0 amide bonds. The predicted molar refractivity (Wildman–Crippen MR) is 101 cm³/mol. The molecule has 2 aromatic rings. The van der Waals surface area contributed by atoms with E-state index in [1.54, 1.807) is 6.20 Å². The minimum absolute atomic E-state index is 0.202. The molecule has 2 heterocycles. The monoisotopic (exact) mass is 388 g/mol. The molecule has 9 nitrogen and oxygen atoms in total. The summed E-state index contributed by atoms with van der Waals surface area (Å²) in [7, 11) is 0. The third-order valence-electron chi connectivity index (χ3n) is 4.67. The average Bonchev–Trinajstić information content (AvgIpc) is 3.36. The smallest absolute Gasteiger partial charge is 0.334 e. The largest absolute Gasteiger partial charge is 0.462 e. The maximum atomic E-state index is 12.1. The first kappa shape index (κ1) is 20.0. The van der Waals surface area contributed by atoms with E-state index in [9.17, 15) is 14.4 Å². The van der Waals surface area contributed by atoms with Gasteiger partial charge in [0.1, 0.15) is 24.7 Å². The number of hydrogen-bond donors (Lipinski definition) is 4. The summed E-state index contributed by atoms with van der Waals surface area (Å²) in [4.78, 5) is 39.0. The Labute approximate surface area is 161 Å². The van der Waals surface area contributed by atoms with E-state index in [1.807, 2.05) is 24.3 Å². The third-order valence-corrected chi connectivity index (χ3v) is 4.67. The summed E-state index contributed by atoms with van der Waals surface area (Å²) in [5.41, 5.74) is 13.3. The first-order valence-electron chi connectivity index (χ1n) is 9.17. The maximum Gasteiger partial charge on any atom is 0.334 e. The van der Waals surface area contributed by atoms with Gasteiger partial charge in [0.25, 0.3) is 0 Å². The molecule has 1 saturated heterocycles. The second-order valence-corrected chi connectivity index (χ2v) is 6.80. The Morgan fingerprint density at radius 2 is 1.89 bits per heavy atom. The van der Waals surface area contributed by atoms with E-state index in [0.29, 0.717) is 6.42 Å². The third kappa shape index (κ3) is 4.75. The summed E-state index contributed by atoms with van der Waals surface area (Å²) in [5.74, 6) is -2.33. The first-order valence-corrected chi connectivity index (χ1v) is 9.17. The highest BCUT2D eigenvalue weighted by molar-refractivity contribution is 5.91. The normalized spacial score (nSPS) is 18.6. The van der Waals surface area contributed by atoms with Crippen molar-refractivity contribution in [2.75, 3.05) is 13.2 Å². The van der Waals surface area contributed by atoms with E-state index in [1.165, 1.54) is 0 Å². The van der Waals surface area contributed by atoms with Crippen molar-refractivity contribution < 1.29 is 23.9 Å². The highest BCUT2D eigenvalue weighted by atomic mass is 16.6. The number of ether oxygens (including phenoxy) is 2. The van der Waals surface area contributed by atoms with Gasteiger partial charge in [-0.1, -0.05) is 18.2 Å². The molecule has 0 bridgehead atoms. The molecule has 0 aliphatic carbocycles. The van der Waals surface area contributed by atoms with Gasteiger partial charge in [-0.25, -0.2) is 9.59 Å². The number of carbonyl (C=O) groups is 3. The Bertz CT molecular complexity index is 859. The molecule has 150 valence electrons. The Balaban J connectivity index is 1.47. The zero-order valence-electron chi connectivity index (χ0n) is 15.4. The molecule has 0 unspecified atom stereocenters. The fourth-order valence-electron chi connectivity index (χ4n) is 3.10. The number of fused-ring (bicyclic) bond motifs is 1. The quantitative estimate of drug-likeness (QED) is 0.374. The van der Waals surface area contributed by atoms with Gasteiger partial charge in [-0.15, -0.1) is 0 Å². The van der Waals surface area contributed by atoms with Gasteiger partial charge in [0.05, 0.1) is 0 Å². The van der Waals surface area contributed by atoms with Gasteiger partial charge in [-0.2, -0.15) is 0 Å². The molecule has 0 spiro atoms. The van der Waals surface area contributed by atoms with Crippen molar-refractivity contribution in [2.45, 2.75) is 37.4 Å². The number of rotatable bonds is 7. The van der Waals surface area contributed by atoms with E-state index in [0.717, 1.165) is 29.4 Å². The van der Waals surface area contributed by atoms with Crippen molar-refractivity contribution >= 4 is 28.8 Å². The van der Waals surface area contributed by atoms with E-state index in [2.05, 4.69) is 10.3 Å². The zero-order chi connectivity index (χ0) is 20.1. The lowest BCUT2D eigenvalue weighted by atomic mass is 10.1. The summed E-state index contributed by atoms with van der Waals surface area (Å²) in [5, 5.41) is 3.93. The van der Waals surface area contributed by atoms with Crippen LogP contribution in [0.2, 0.25) is 0 Å². The summed E-state index contributed by atoms with van der Waals surface area (Å²) in [6.07, 6.45) is 3.53. The molecule has 1 aliphatic heterocycles. The summed E-state index contributed by atoms with van der Waals surface area (Å²) in [6, 6.07) is 4.94. The zero-order valence-corrected chi connectivity index (χ0v) is 15.4. The fourth-order valence-corrected chi connectivity index (χ4v) is 3.10. The van der Waals surface area contributed by atoms with Crippen LogP contribution in [0.5, 0.6) is 0 Å². The number of benzene rings is 1. The average molecular weight is 388 g/mol. The number of aromatic nitrogens is 1. The van der Waals surface area contributed by atoms with Crippen molar-refractivity contribution in [1.82, 2.24) is 10.3 Å². The molecular weight excluding hydrogens is 364 g/mol. The predicted octanol–water partition coefficient (Wildman–Crippen LogP) is -0.270. The molecule has 1 fully saturated rings. The van der Waals surface area contributed by atoms with Crippen molar-refractivity contribution in [2.24, 2.45) is 11.5 Å². The second kappa shape index (κ2) is 8.96. The van der Waals surface area contributed by atoms with Crippen LogP contribution >= 0.6 is 0 Å². The lowest BCUT2D eigenvalue weighted by molar-refractivity contribution is -0.163. The number of esters is 3. The summed E-state index contributed by atoms with van der Waals surface area (Å²) < 4.78 is 9.76. The molecule has 3 atom stereocenters. The van der Waals surface area contributed by atoms with Gasteiger partial charge in [-0.3, -0.25) is 4.79 Å². The Kier molecular flexibility index (Phi) is 6.40. The van der Waals surface area contributed by atoms with Crippen LogP contribution in [0.3, 0.4) is 0 Å². The minimum Gasteiger partial charge on any atom is -0.462 e. The number of aromatic amines is 1. The number of nitrogens with two attached hydrogens (primary N) is 2. The fraction of sp³-hybridized carbons (Fsp3) is 0.421. The number of nitrogens with one attached hydrogen (secondary N) is 2. The van der Waals surface area contributed by atoms with Crippen LogP contribution in [0.15, 0.2) is 30.5 Å². The first-order chi connectivity index (χ1) is 13.5. The van der Waals surface area contributed by atoms with Crippen LogP contribution in [-0.2, 0) is 30.3 Å². The van der Waals surface area contributed by atoms with Crippen LogP contribution in [-0.4, -0.2) is 54.2 Å². The molecule has 1 aromatic carbocycles. The molecule has 1 aromatic heterocycles. The summed E-state index contributed by atoms with van der Waals surface area (Å²) in [6.45, 7) is 0.386. The van der Waals surface area contributed by atoms with E-state index >= 15 is 0 Å². The van der Waals surface area contributed by atoms with Crippen molar-refractivity contribution in [1.29, 1.82) is 0 Å². The molecule has 0 saturated carbocycles. The summed E-state index contributed by atoms with van der Waals surface area (Å²) >= 11 is 0. The molecule has 1 aliphatic rings. The lowest BCUT2D eigenvalue weighted by Crippen LogP contribution is -2.43. The van der Waals surface area contributed by atoms with Crippen molar-refractivity contribution in [3.63, 3.8) is 0 Å². The maximum absolute atomic E-state index is 12.1. The number of hydrogen-bond acceptors (Lipinski definition) is 8. The standard InChI is InChI=1S/C19H24N4O5/c20-13(8-11-9-23-15-5-2-1-4-12(11)15)17(24)28-18(25)14(21)10-27-19(26)16-6-3-7-22-16/h1-2,4-5,9,13-14,16,22-23H,3,6-8,10,20-21H2/t13-,14-,16-/m0/s1. The van der Waals surface area contributed by atoms with Gasteiger partial charge < -0.3 is 31.2 Å². The van der Waals surface area contributed by atoms with Crippen LogP contribution in [0, 0.1) is 0 Å². The highest BCUT2D eigenvalue weighted by Crippen LogP contribution is 2.19. The lowest BCUT2D eigenvalue weighted by Gasteiger charge is -2.15. The van der Waals surface area contributed by atoms with Crippen LogP contribution in [0.4, 0.5) is 0 Å². The van der Waals surface area contributed by atoms with Crippen molar-refractivity contribution in [3.05, 3.63) is 36.0 Å². The minimum atomic E-state index is -1.26.